The summed E-state index contributed by atoms with van der Waals surface area (Å²) < 4.78 is 14.6. The van der Waals surface area contributed by atoms with Crippen LogP contribution in [0.25, 0.3) is 11.3 Å². The molecule has 0 spiro atoms. The average Bonchev–Trinajstić information content (AvgIpc) is 2.73. The normalized spacial score (nSPS) is 19.0. The molecule has 0 saturated carbocycles. The smallest absolute Gasteiger partial charge is 0.141 e. The van der Waals surface area contributed by atoms with E-state index in [2.05, 4.69) is 15.4 Å². The summed E-state index contributed by atoms with van der Waals surface area (Å²) in [4.78, 5) is 4.03. The third kappa shape index (κ3) is 2.19. The number of nitrogens with zero attached hydrogens (tertiary/aromatic N) is 3. The van der Waals surface area contributed by atoms with Crippen molar-refractivity contribution in [1.82, 2.24) is 20.1 Å². The van der Waals surface area contributed by atoms with Gasteiger partial charge in [0, 0.05) is 17.8 Å². The number of pyridine rings is 1. The number of aromatic nitrogens is 3. The molecular formula is C12H13FN4. The van der Waals surface area contributed by atoms with Crippen molar-refractivity contribution in [1.29, 1.82) is 0 Å². The van der Waals surface area contributed by atoms with E-state index in [-0.39, 0.29) is 5.82 Å². The predicted molar refractivity (Wildman–Crippen MR) is 61.8 cm³/mol. The molecule has 4 nitrogen and oxygen atoms in total. The van der Waals surface area contributed by atoms with Crippen LogP contribution < -0.4 is 5.32 Å². The number of rotatable bonds is 3. The van der Waals surface area contributed by atoms with Crippen molar-refractivity contribution < 1.29 is 4.39 Å². The molecule has 0 bridgehead atoms. The van der Waals surface area contributed by atoms with Crippen LogP contribution in [-0.2, 0) is 6.54 Å². The second-order valence-electron chi connectivity index (χ2n) is 4.25. The Kier molecular flexibility index (Phi) is 2.60. The van der Waals surface area contributed by atoms with Gasteiger partial charge in [-0.2, -0.15) is 5.10 Å². The molecule has 3 rings (SSSR count). The molecule has 0 amide bonds. The van der Waals surface area contributed by atoms with Crippen molar-refractivity contribution in [2.24, 2.45) is 0 Å². The maximum atomic E-state index is 12.7. The second kappa shape index (κ2) is 4.25. The van der Waals surface area contributed by atoms with E-state index >= 15 is 0 Å². The summed E-state index contributed by atoms with van der Waals surface area (Å²) in [5, 5.41) is 7.60. The lowest BCUT2D eigenvalue weighted by molar-refractivity contribution is 0.319. The predicted octanol–water partition coefficient (Wildman–Crippen LogP) is 1.45. The maximum Gasteiger partial charge on any atom is 0.141 e. The van der Waals surface area contributed by atoms with E-state index in [0.717, 1.165) is 24.3 Å². The van der Waals surface area contributed by atoms with Gasteiger partial charge in [-0.1, -0.05) is 0 Å². The van der Waals surface area contributed by atoms with Gasteiger partial charge in [0.15, 0.2) is 0 Å². The third-order valence-electron chi connectivity index (χ3n) is 2.99. The van der Waals surface area contributed by atoms with E-state index in [9.17, 15) is 4.39 Å². The van der Waals surface area contributed by atoms with Gasteiger partial charge < -0.3 is 5.32 Å². The molecule has 3 heterocycles. The van der Waals surface area contributed by atoms with E-state index in [1.165, 1.54) is 18.7 Å². The molecule has 0 radical (unpaired) electrons. The van der Waals surface area contributed by atoms with Crippen LogP contribution in [-0.4, -0.2) is 27.4 Å². The fourth-order valence-electron chi connectivity index (χ4n) is 1.87. The Bertz CT molecular complexity index is 501. The number of halogens is 1. The zero-order chi connectivity index (χ0) is 11.7. The van der Waals surface area contributed by atoms with E-state index in [4.69, 9.17) is 0 Å². The van der Waals surface area contributed by atoms with Crippen LogP contribution in [0.3, 0.4) is 0 Å². The van der Waals surface area contributed by atoms with Crippen molar-refractivity contribution in [3.05, 3.63) is 36.5 Å². The Balaban J connectivity index is 1.76. The minimum atomic E-state index is -0.320. The Morgan fingerprint density at radius 1 is 1.41 bits per heavy atom. The number of nitrogens with one attached hydrogen (secondary N) is 1. The van der Waals surface area contributed by atoms with Crippen molar-refractivity contribution in [3.8, 4) is 11.3 Å². The van der Waals surface area contributed by atoms with Gasteiger partial charge in [-0.15, -0.1) is 0 Å². The van der Waals surface area contributed by atoms with Crippen LogP contribution in [0.5, 0.6) is 0 Å². The summed E-state index contributed by atoms with van der Waals surface area (Å²) in [6.07, 6.45) is 6.13. The number of hydrogen-bond donors (Lipinski definition) is 1. The second-order valence-corrected chi connectivity index (χ2v) is 4.25. The first-order valence-electron chi connectivity index (χ1n) is 5.69. The van der Waals surface area contributed by atoms with Gasteiger partial charge in [-0.25, -0.2) is 4.39 Å². The highest BCUT2D eigenvalue weighted by Gasteiger charge is 2.17. The number of hydrogen-bond acceptors (Lipinski definition) is 3. The van der Waals surface area contributed by atoms with Crippen molar-refractivity contribution in [2.75, 3.05) is 6.54 Å². The lowest BCUT2D eigenvalue weighted by Crippen LogP contribution is -2.45. The molecular weight excluding hydrogens is 219 g/mol. The van der Waals surface area contributed by atoms with Crippen LogP contribution in [0, 0.1) is 5.82 Å². The highest BCUT2D eigenvalue weighted by Crippen LogP contribution is 2.16. The summed E-state index contributed by atoms with van der Waals surface area (Å²) in [5.41, 5.74) is 1.67. The van der Waals surface area contributed by atoms with Crippen LogP contribution in [0.4, 0.5) is 4.39 Å². The summed E-state index contributed by atoms with van der Waals surface area (Å²) in [6, 6.07) is 3.61. The fourth-order valence-corrected chi connectivity index (χ4v) is 1.87. The first-order chi connectivity index (χ1) is 8.31. The maximum absolute atomic E-state index is 12.7. The molecule has 1 aliphatic rings. The Morgan fingerprint density at radius 3 is 2.94 bits per heavy atom. The molecule has 0 aliphatic carbocycles. The van der Waals surface area contributed by atoms with Gasteiger partial charge in [0.05, 0.1) is 24.6 Å². The van der Waals surface area contributed by atoms with Crippen LogP contribution in [0.15, 0.2) is 30.7 Å². The first-order valence-corrected chi connectivity index (χ1v) is 5.69. The molecule has 0 unspecified atom stereocenters. The fraction of sp³-hybridized carbons (Fsp3) is 0.333. The Hall–Kier alpha value is -1.75. The van der Waals surface area contributed by atoms with Crippen molar-refractivity contribution in [2.45, 2.75) is 19.0 Å². The van der Waals surface area contributed by atoms with Gasteiger partial charge in [-0.3, -0.25) is 9.67 Å². The van der Waals surface area contributed by atoms with Gasteiger partial charge in [-0.05, 0) is 25.1 Å². The molecule has 1 atom stereocenters. The summed E-state index contributed by atoms with van der Waals surface area (Å²) in [6.45, 7) is 1.97. The van der Waals surface area contributed by atoms with Crippen molar-refractivity contribution >= 4 is 0 Å². The molecule has 1 saturated heterocycles. The molecule has 1 N–H and O–H groups in total. The minimum absolute atomic E-state index is 0.320. The summed E-state index contributed by atoms with van der Waals surface area (Å²) in [7, 11) is 0. The largest absolute Gasteiger partial charge is 0.312 e. The zero-order valence-electron chi connectivity index (χ0n) is 9.31. The van der Waals surface area contributed by atoms with E-state index < -0.39 is 0 Å². The molecule has 1 aliphatic heterocycles. The quantitative estimate of drug-likeness (QED) is 0.871. The monoisotopic (exact) mass is 232 g/mol. The Morgan fingerprint density at radius 2 is 2.29 bits per heavy atom. The average molecular weight is 232 g/mol. The van der Waals surface area contributed by atoms with Gasteiger partial charge >= 0.3 is 0 Å². The molecule has 88 valence electrons. The van der Waals surface area contributed by atoms with Gasteiger partial charge in [0.2, 0.25) is 0 Å². The molecule has 2 aromatic heterocycles. The molecule has 1 fully saturated rings. The van der Waals surface area contributed by atoms with Gasteiger partial charge in [0.25, 0.3) is 0 Å². The first kappa shape index (κ1) is 10.4. The standard InChI is InChI=1S/C12H13FN4/c13-10-1-2-12(15-6-10)9-5-16-17(7-9)8-11-3-4-14-11/h1-2,5-7,11,14H,3-4,8H2/t11-/m0/s1. The SMILES string of the molecule is Fc1ccc(-c2cnn(C[C@@H]3CCN3)c2)nc1. The van der Waals surface area contributed by atoms with Crippen LogP contribution in [0.1, 0.15) is 6.42 Å². The zero-order valence-corrected chi connectivity index (χ0v) is 9.31. The molecule has 17 heavy (non-hydrogen) atoms. The van der Waals surface area contributed by atoms with E-state index in [1.807, 2.05) is 10.9 Å². The lowest BCUT2D eigenvalue weighted by Gasteiger charge is -2.27. The minimum Gasteiger partial charge on any atom is -0.312 e. The van der Waals surface area contributed by atoms with E-state index in [0.29, 0.717) is 6.04 Å². The Labute approximate surface area is 98.5 Å². The lowest BCUT2D eigenvalue weighted by atomic mass is 10.1. The third-order valence-corrected chi connectivity index (χ3v) is 2.99. The van der Waals surface area contributed by atoms with E-state index in [1.54, 1.807) is 12.3 Å². The topological polar surface area (TPSA) is 42.7 Å². The van der Waals surface area contributed by atoms with Gasteiger partial charge in [0.1, 0.15) is 5.82 Å². The highest BCUT2D eigenvalue weighted by molar-refractivity contribution is 5.56. The molecule has 0 aromatic carbocycles. The molecule has 2 aromatic rings. The van der Waals surface area contributed by atoms with Crippen molar-refractivity contribution in [3.63, 3.8) is 0 Å². The molecule has 5 heteroatoms. The van der Waals surface area contributed by atoms with Crippen LogP contribution >= 0.6 is 0 Å². The van der Waals surface area contributed by atoms with Crippen LogP contribution in [0.2, 0.25) is 0 Å². The summed E-state index contributed by atoms with van der Waals surface area (Å²) in [5.74, 6) is -0.320. The summed E-state index contributed by atoms with van der Waals surface area (Å²) >= 11 is 0. The highest BCUT2D eigenvalue weighted by atomic mass is 19.1.